The van der Waals surface area contributed by atoms with Gasteiger partial charge in [-0.2, -0.15) is 0 Å². The standard InChI is InChI=1S/C22H27N5O2/c1-26-7-6-18-10-17(2-3-20(18)26)12-23-11-16-4-8-27(9-5-16)22-24-13-19(14-25-22)21(29)15-28/h2-3,6-7,10,13-14,16,23,28H,4-5,8-9,11-12,15H2,1H3. The van der Waals surface area contributed by atoms with Crippen molar-refractivity contribution >= 4 is 22.6 Å². The summed E-state index contributed by atoms with van der Waals surface area (Å²) in [5.74, 6) is 0.941. The minimum Gasteiger partial charge on any atom is -0.388 e. The van der Waals surface area contributed by atoms with Crippen molar-refractivity contribution in [2.75, 3.05) is 31.1 Å². The van der Waals surface area contributed by atoms with Crippen molar-refractivity contribution in [2.45, 2.75) is 19.4 Å². The average Bonchev–Trinajstić information content (AvgIpc) is 3.14. The first-order chi connectivity index (χ1) is 14.1. The van der Waals surface area contributed by atoms with E-state index in [1.165, 1.54) is 28.9 Å². The van der Waals surface area contributed by atoms with Crippen LogP contribution in [0.3, 0.4) is 0 Å². The largest absolute Gasteiger partial charge is 0.388 e. The SMILES string of the molecule is Cn1ccc2cc(CNCC3CCN(c4ncc(C(=O)CO)cn4)CC3)ccc21. The molecule has 1 saturated heterocycles. The maximum atomic E-state index is 11.5. The predicted octanol–water partition coefficient (Wildman–Crippen LogP) is 2.15. The molecular weight excluding hydrogens is 366 g/mol. The highest BCUT2D eigenvalue weighted by atomic mass is 16.3. The van der Waals surface area contributed by atoms with Gasteiger partial charge in [0.2, 0.25) is 5.95 Å². The molecule has 7 nitrogen and oxygen atoms in total. The van der Waals surface area contributed by atoms with Crippen LogP contribution in [0.5, 0.6) is 0 Å². The first-order valence-corrected chi connectivity index (χ1v) is 10.1. The van der Waals surface area contributed by atoms with E-state index in [2.05, 4.69) is 62.3 Å². The summed E-state index contributed by atoms with van der Waals surface area (Å²) in [6.07, 6.45) is 7.27. The Labute approximate surface area is 170 Å². The van der Waals surface area contributed by atoms with Crippen LogP contribution in [0, 0.1) is 5.92 Å². The van der Waals surface area contributed by atoms with E-state index < -0.39 is 6.61 Å². The number of nitrogens with one attached hydrogen (secondary N) is 1. The second-order valence-corrected chi connectivity index (χ2v) is 7.73. The van der Waals surface area contributed by atoms with Gasteiger partial charge in [-0.25, -0.2) is 9.97 Å². The van der Waals surface area contributed by atoms with Gasteiger partial charge < -0.3 is 19.9 Å². The molecule has 1 aliphatic rings. The Kier molecular flexibility index (Phi) is 5.87. The molecule has 0 atom stereocenters. The molecule has 7 heteroatoms. The highest BCUT2D eigenvalue weighted by Crippen LogP contribution is 2.21. The molecule has 0 unspecified atom stereocenters. The molecule has 3 aromatic rings. The van der Waals surface area contributed by atoms with E-state index in [1.807, 2.05) is 0 Å². The molecule has 0 radical (unpaired) electrons. The van der Waals surface area contributed by atoms with Gasteiger partial charge in [0.05, 0.1) is 5.56 Å². The first-order valence-electron chi connectivity index (χ1n) is 10.1. The molecule has 1 fully saturated rings. The van der Waals surface area contributed by atoms with E-state index in [0.717, 1.165) is 39.0 Å². The maximum Gasteiger partial charge on any atom is 0.225 e. The van der Waals surface area contributed by atoms with Gasteiger partial charge in [0.25, 0.3) is 0 Å². The van der Waals surface area contributed by atoms with E-state index in [4.69, 9.17) is 5.11 Å². The molecule has 2 N–H and O–H groups in total. The lowest BCUT2D eigenvalue weighted by Gasteiger charge is -2.32. The molecule has 152 valence electrons. The Morgan fingerprint density at radius 1 is 1.21 bits per heavy atom. The number of nitrogens with zero attached hydrogens (tertiary/aromatic N) is 4. The highest BCUT2D eigenvalue weighted by Gasteiger charge is 2.21. The lowest BCUT2D eigenvalue weighted by molar-refractivity contribution is 0.0903. The van der Waals surface area contributed by atoms with Gasteiger partial charge >= 0.3 is 0 Å². The summed E-state index contributed by atoms with van der Waals surface area (Å²) >= 11 is 0. The van der Waals surface area contributed by atoms with Crippen LogP contribution in [0.2, 0.25) is 0 Å². The Balaban J connectivity index is 1.23. The minimum absolute atomic E-state index is 0.351. The van der Waals surface area contributed by atoms with Gasteiger partial charge in [0.1, 0.15) is 6.61 Å². The fourth-order valence-corrected chi connectivity index (χ4v) is 3.92. The van der Waals surface area contributed by atoms with E-state index in [-0.39, 0.29) is 5.78 Å². The van der Waals surface area contributed by atoms with Crippen molar-refractivity contribution in [2.24, 2.45) is 13.0 Å². The van der Waals surface area contributed by atoms with Gasteiger partial charge in [-0.1, -0.05) is 6.07 Å². The number of ketones is 1. The van der Waals surface area contributed by atoms with Crippen LogP contribution >= 0.6 is 0 Å². The molecule has 0 saturated carbocycles. The number of carbonyl (C=O) groups is 1. The van der Waals surface area contributed by atoms with Crippen LogP contribution in [0.4, 0.5) is 5.95 Å². The zero-order chi connectivity index (χ0) is 20.2. The number of Topliss-reactive ketones (excluding diaryl/α,β-unsaturated/α-hetero) is 1. The van der Waals surface area contributed by atoms with Crippen LogP contribution in [0.15, 0.2) is 42.9 Å². The molecule has 0 amide bonds. The van der Waals surface area contributed by atoms with Crippen molar-refractivity contribution in [3.05, 3.63) is 54.0 Å². The molecular formula is C22H27N5O2. The normalized spacial score (nSPS) is 15.2. The third-order valence-corrected chi connectivity index (χ3v) is 5.71. The van der Waals surface area contributed by atoms with Gasteiger partial charge in [-0.15, -0.1) is 0 Å². The van der Waals surface area contributed by atoms with Crippen molar-refractivity contribution in [1.82, 2.24) is 19.9 Å². The fourth-order valence-electron chi connectivity index (χ4n) is 3.92. The van der Waals surface area contributed by atoms with E-state index in [0.29, 0.717) is 17.4 Å². The number of aliphatic hydroxyl groups is 1. The van der Waals surface area contributed by atoms with E-state index in [1.54, 1.807) is 0 Å². The Hall–Kier alpha value is -2.77. The summed E-state index contributed by atoms with van der Waals surface area (Å²) in [5, 5.41) is 13.8. The molecule has 29 heavy (non-hydrogen) atoms. The second-order valence-electron chi connectivity index (χ2n) is 7.73. The number of aromatic nitrogens is 3. The lowest BCUT2D eigenvalue weighted by atomic mass is 9.97. The quantitative estimate of drug-likeness (QED) is 0.599. The van der Waals surface area contributed by atoms with Crippen molar-refractivity contribution in [3.8, 4) is 0 Å². The zero-order valence-corrected chi connectivity index (χ0v) is 16.7. The second kappa shape index (κ2) is 8.71. The number of anilines is 1. The third kappa shape index (κ3) is 4.46. The number of piperidine rings is 1. The van der Waals surface area contributed by atoms with Crippen LogP contribution in [-0.4, -0.2) is 51.7 Å². The summed E-state index contributed by atoms with van der Waals surface area (Å²) in [4.78, 5) is 22.2. The van der Waals surface area contributed by atoms with Gasteiger partial charge in [-0.05, 0) is 54.5 Å². The van der Waals surface area contributed by atoms with E-state index >= 15 is 0 Å². The number of fused-ring (bicyclic) bond motifs is 1. The molecule has 1 aliphatic heterocycles. The van der Waals surface area contributed by atoms with E-state index in [9.17, 15) is 4.79 Å². The number of hydrogen-bond acceptors (Lipinski definition) is 6. The van der Waals surface area contributed by atoms with Crippen molar-refractivity contribution in [1.29, 1.82) is 0 Å². The zero-order valence-electron chi connectivity index (χ0n) is 16.7. The van der Waals surface area contributed by atoms with Crippen LogP contribution in [0.1, 0.15) is 28.8 Å². The Bertz CT molecular complexity index is 975. The molecule has 1 aromatic carbocycles. The van der Waals surface area contributed by atoms with Crippen LogP contribution < -0.4 is 10.2 Å². The first kappa shape index (κ1) is 19.5. The molecule has 0 aliphatic carbocycles. The molecule has 4 rings (SSSR count). The molecule has 0 bridgehead atoms. The highest BCUT2D eigenvalue weighted by molar-refractivity contribution is 5.96. The lowest BCUT2D eigenvalue weighted by Crippen LogP contribution is -2.38. The summed E-state index contributed by atoms with van der Waals surface area (Å²) in [6, 6.07) is 8.79. The van der Waals surface area contributed by atoms with Gasteiger partial charge in [0.15, 0.2) is 5.78 Å². The topological polar surface area (TPSA) is 83.3 Å². The number of rotatable bonds is 7. The Morgan fingerprint density at radius 3 is 2.69 bits per heavy atom. The van der Waals surface area contributed by atoms with Gasteiger partial charge in [-0.3, -0.25) is 4.79 Å². The fraction of sp³-hybridized carbons (Fsp3) is 0.409. The predicted molar refractivity (Wildman–Crippen MR) is 113 cm³/mol. The number of carbonyl (C=O) groups excluding carboxylic acids is 1. The van der Waals surface area contributed by atoms with Crippen molar-refractivity contribution < 1.29 is 9.90 Å². The number of aryl methyl sites for hydroxylation is 1. The van der Waals surface area contributed by atoms with Gasteiger partial charge in [0, 0.05) is 50.8 Å². The average molecular weight is 393 g/mol. The monoisotopic (exact) mass is 393 g/mol. The summed E-state index contributed by atoms with van der Waals surface area (Å²) in [7, 11) is 2.07. The minimum atomic E-state index is -0.514. The van der Waals surface area contributed by atoms with Crippen LogP contribution in [-0.2, 0) is 13.6 Å². The van der Waals surface area contributed by atoms with Crippen molar-refractivity contribution in [3.63, 3.8) is 0 Å². The number of benzene rings is 1. The smallest absolute Gasteiger partial charge is 0.225 e. The summed E-state index contributed by atoms with van der Waals surface area (Å²) in [5.41, 5.74) is 2.92. The molecule has 3 heterocycles. The maximum absolute atomic E-state index is 11.5. The summed E-state index contributed by atoms with van der Waals surface area (Å²) < 4.78 is 2.14. The van der Waals surface area contributed by atoms with Crippen LogP contribution in [0.25, 0.3) is 10.9 Å². The number of hydrogen-bond donors (Lipinski definition) is 2. The third-order valence-electron chi connectivity index (χ3n) is 5.71. The molecule has 0 spiro atoms. The number of aliphatic hydroxyl groups excluding tert-OH is 1. The Morgan fingerprint density at radius 2 is 1.97 bits per heavy atom. The molecule has 2 aromatic heterocycles. The summed E-state index contributed by atoms with van der Waals surface area (Å²) in [6.45, 7) is 3.20.